The third-order valence-electron chi connectivity index (χ3n) is 3.73. The Balaban J connectivity index is 2.05. The van der Waals surface area contributed by atoms with Gasteiger partial charge in [-0.3, -0.25) is 9.59 Å². The summed E-state index contributed by atoms with van der Waals surface area (Å²) in [6.07, 6.45) is 2.48. The van der Waals surface area contributed by atoms with Crippen LogP contribution >= 0.6 is 11.8 Å². The lowest BCUT2D eigenvalue weighted by atomic mass is 9.97. The number of carbonyl (C=O) groups is 2. The molecule has 1 aromatic rings. The second-order valence-corrected chi connectivity index (χ2v) is 6.87. The Morgan fingerprint density at radius 1 is 1.45 bits per heavy atom. The van der Waals surface area contributed by atoms with Gasteiger partial charge in [0.05, 0.1) is 5.25 Å². The standard InChI is InChI=1S/C14H19N3O4S/c1-8-7-10(18)16-13(15-8)22-9(2)11(19)17-14(12(20)21)5-3-4-6-14/h7,9H,3-6H2,1-2H3,(H,17,19)(H,20,21)(H,15,16,18). The first-order chi connectivity index (χ1) is 10.3. The van der Waals surface area contributed by atoms with Gasteiger partial charge in [-0.15, -0.1) is 0 Å². The molecule has 1 amide bonds. The number of nitrogens with zero attached hydrogens (tertiary/aromatic N) is 1. The van der Waals surface area contributed by atoms with Gasteiger partial charge in [0.1, 0.15) is 5.54 Å². The average molecular weight is 325 g/mol. The Kier molecular flexibility index (Phi) is 4.90. The van der Waals surface area contributed by atoms with Crippen LogP contribution in [0.4, 0.5) is 0 Å². The number of nitrogens with one attached hydrogen (secondary N) is 2. The monoisotopic (exact) mass is 325 g/mol. The summed E-state index contributed by atoms with van der Waals surface area (Å²) in [7, 11) is 0. The third kappa shape index (κ3) is 3.68. The number of H-pyrrole nitrogens is 1. The Hall–Kier alpha value is -1.83. The maximum atomic E-state index is 12.3. The van der Waals surface area contributed by atoms with Crippen molar-refractivity contribution in [3.8, 4) is 0 Å². The number of hydrogen-bond donors (Lipinski definition) is 3. The van der Waals surface area contributed by atoms with E-state index in [1.165, 1.54) is 6.07 Å². The zero-order valence-corrected chi connectivity index (χ0v) is 13.3. The lowest BCUT2D eigenvalue weighted by molar-refractivity contribution is -0.147. The summed E-state index contributed by atoms with van der Waals surface area (Å²) in [5.74, 6) is -1.35. The molecule has 1 atom stereocenters. The molecule has 3 N–H and O–H groups in total. The Bertz CT molecular complexity index is 637. The van der Waals surface area contributed by atoms with Crippen LogP contribution in [0.5, 0.6) is 0 Å². The molecule has 120 valence electrons. The normalized spacial score (nSPS) is 17.9. The lowest BCUT2D eigenvalue weighted by Crippen LogP contribution is -2.54. The molecule has 0 saturated heterocycles. The van der Waals surface area contributed by atoms with Crippen molar-refractivity contribution in [1.82, 2.24) is 15.3 Å². The van der Waals surface area contributed by atoms with Gasteiger partial charge in [-0.1, -0.05) is 24.6 Å². The fourth-order valence-corrected chi connectivity index (χ4v) is 3.39. The topological polar surface area (TPSA) is 112 Å². The highest BCUT2D eigenvalue weighted by Gasteiger charge is 2.43. The summed E-state index contributed by atoms with van der Waals surface area (Å²) in [6.45, 7) is 3.36. The molecular formula is C14H19N3O4S. The predicted molar refractivity (Wildman–Crippen MR) is 81.9 cm³/mol. The number of rotatable bonds is 5. The largest absolute Gasteiger partial charge is 0.480 e. The molecule has 1 fully saturated rings. The van der Waals surface area contributed by atoms with E-state index in [1.54, 1.807) is 13.8 Å². The fraction of sp³-hybridized carbons (Fsp3) is 0.571. The lowest BCUT2D eigenvalue weighted by Gasteiger charge is -2.26. The maximum Gasteiger partial charge on any atom is 0.329 e. The van der Waals surface area contributed by atoms with Gasteiger partial charge in [0.25, 0.3) is 5.56 Å². The van der Waals surface area contributed by atoms with Crippen LogP contribution in [0.25, 0.3) is 0 Å². The van der Waals surface area contributed by atoms with E-state index in [2.05, 4.69) is 15.3 Å². The van der Waals surface area contributed by atoms with Crippen molar-refractivity contribution in [2.75, 3.05) is 0 Å². The highest BCUT2D eigenvalue weighted by atomic mass is 32.2. The van der Waals surface area contributed by atoms with Gasteiger partial charge >= 0.3 is 5.97 Å². The number of amides is 1. The van der Waals surface area contributed by atoms with Crippen molar-refractivity contribution in [2.24, 2.45) is 0 Å². The number of aryl methyl sites for hydroxylation is 1. The van der Waals surface area contributed by atoms with E-state index < -0.39 is 16.8 Å². The van der Waals surface area contributed by atoms with Gasteiger partial charge < -0.3 is 15.4 Å². The first-order valence-electron chi connectivity index (χ1n) is 7.12. The molecule has 0 aromatic carbocycles. The molecule has 2 rings (SSSR count). The van der Waals surface area contributed by atoms with E-state index in [0.717, 1.165) is 24.6 Å². The van der Waals surface area contributed by atoms with Crippen molar-refractivity contribution in [3.05, 3.63) is 22.1 Å². The van der Waals surface area contributed by atoms with Gasteiger partial charge in [-0.05, 0) is 26.7 Å². The first kappa shape index (κ1) is 16.5. The van der Waals surface area contributed by atoms with Gasteiger partial charge in [0.15, 0.2) is 5.16 Å². The average Bonchev–Trinajstić information content (AvgIpc) is 2.87. The smallest absolute Gasteiger partial charge is 0.329 e. The first-order valence-corrected chi connectivity index (χ1v) is 8.00. The maximum absolute atomic E-state index is 12.3. The fourth-order valence-electron chi connectivity index (χ4n) is 2.54. The van der Waals surface area contributed by atoms with Crippen LogP contribution in [-0.4, -0.2) is 37.7 Å². The van der Waals surface area contributed by atoms with Crippen LogP contribution in [0.2, 0.25) is 0 Å². The summed E-state index contributed by atoms with van der Waals surface area (Å²) in [5.41, 5.74) is -0.864. The second-order valence-electron chi connectivity index (χ2n) is 5.54. The zero-order chi connectivity index (χ0) is 16.3. The molecule has 0 bridgehead atoms. The molecule has 1 aliphatic carbocycles. The van der Waals surface area contributed by atoms with E-state index in [4.69, 9.17) is 0 Å². The van der Waals surface area contributed by atoms with Crippen molar-refractivity contribution in [2.45, 2.75) is 55.5 Å². The quantitative estimate of drug-likeness (QED) is 0.551. The van der Waals surface area contributed by atoms with E-state index in [0.29, 0.717) is 23.7 Å². The highest BCUT2D eigenvalue weighted by Crippen LogP contribution is 2.30. The molecule has 1 unspecified atom stereocenters. The van der Waals surface area contributed by atoms with Crippen LogP contribution in [0.15, 0.2) is 16.0 Å². The van der Waals surface area contributed by atoms with Gasteiger partial charge in [-0.25, -0.2) is 9.78 Å². The number of thioether (sulfide) groups is 1. The number of carboxylic acid groups (broad SMARTS) is 1. The van der Waals surface area contributed by atoms with Crippen molar-refractivity contribution >= 4 is 23.6 Å². The van der Waals surface area contributed by atoms with Crippen LogP contribution in [0.3, 0.4) is 0 Å². The number of aliphatic carboxylic acids is 1. The molecule has 1 saturated carbocycles. The van der Waals surface area contributed by atoms with E-state index >= 15 is 0 Å². The van der Waals surface area contributed by atoms with Crippen molar-refractivity contribution in [1.29, 1.82) is 0 Å². The SMILES string of the molecule is Cc1cc(=O)[nH]c(SC(C)C(=O)NC2(C(=O)O)CCCC2)n1. The molecule has 0 spiro atoms. The number of aromatic amines is 1. The number of carbonyl (C=O) groups excluding carboxylic acids is 1. The van der Waals surface area contributed by atoms with E-state index in [1.807, 2.05) is 0 Å². The Labute approximate surface area is 131 Å². The number of hydrogen-bond acceptors (Lipinski definition) is 5. The number of carboxylic acids is 1. The molecular weight excluding hydrogens is 306 g/mol. The highest BCUT2D eigenvalue weighted by molar-refractivity contribution is 8.00. The molecule has 1 aliphatic rings. The third-order valence-corrected chi connectivity index (χ3v) is 4.72. The molecule has 8 heteroatoms. The van der Waals surface area contributed by atoms with E-state index in [9.17, 15) is 19.5 Å². The Morgan fingerprint density at radius 2 is 2.09 bits per heavy atom. The molecule has 7 nitrogen and oxygen atoms in total. The molecule has 1 heterocycles. The van der Waals surface area contributed by atoms with Crippen molar-refractivity contribution < 1.29 is 14.7 Å². The minimum Gasteiger partial charge on any atom is -0.480 e. The predicted octanol–water partition coefficient (Wildman–Crippen LogP) is 1.07. The molecule has 0 aliphatic heterocycles. The van der Waals surface area contributed by atoms with Crippen LogP contribution in [0.1, 0.15) is 38.3 Å². The zero-order valence-electron chi connectivity index (χ0n) is 12.5. The van der Waals surface area contributed by atoms with Crippen LogP contribution < -0.4 is 10.9 Å². The van der Waals surface area contributed by atoms with Gasteiger partial charge in [0, 0.05) is 11.8 Å². The summed E-state index contributed by atoms with van der Waals surface area (Å²) < 4.78 is 0. The summed E-state index contributed by atoms with van der Waals surface area (Å²) in [6, 6.07) is 1.37. The van der Waals surface area contributed by atoms with Crippen LogP contribution in [-0.2, 0) is 9.59 Å². The van der Waals surface area contributed by atoms with Gasteiger partial charge in [-0.2, -0.15) is 0 Å². The molecule has 0 radical (unpaired) electrons. The summed E-state index contributed by atoms with van der Waals surface area (Å²) >= 11 is 1.10. The second kappa shape index (κ2) is 6.51. The van der Waals surface area contributed by atoms with E-state index in [-0.39, 0.29) is 11.5 Å². The molecule has 1 aromatic heterocycles. The number of aromatic nitrogens is 2. The Morgan fingerprint density at radius 3 is 2.64 bits per heavy atom. The summed E-state index contributed by atoms with van der Waals surface area (Å²) in [5, 5.41) is 11.8. The molecule has 22 heavy (non-hydrogen) atoms. The minimum atomic E-state index is -1.15. The summed E-state index contributed by atoms with van der Waals surface area (Å²) in [4.78, 5) is 41.8. The van der Waals surface area contributed by atoms with Crippen molar-refractivity contribution in [3.63, 3.8) is 0 Å². The van der Waals surface area contributed by atoms with Gasteiger partial charge in [0.2, 0.25) is 5.91 Å². The minimum absolute atomic E-state index is 0.277. The van der Waals surface area contributed by atoms with Crippen LogP contribution in [0, 0.1) is 6.92 Å².